The summed E-state index contributed by atoms with van der Waals surface area (Å²) in [5.41, 5.74) is 0.233. The van der Waals surface area contributed by atoms with Crippen molar-refractivity contribution in [3.05, 3.63) is 5.82 Å². The SMILES string of the molecule is COCCNCC(C)(Cc1nnn(C)n1)C1CC1. The maximum atomic E-state index is 5.05. The lowest BCUT2D eigenvalue weighted by Crippen LogP contribution is -2.37. The van der Waals surface area contributed by atoms with Gasteiger partial charge >= 0.3 is 0 Å². The van der Waals surface area contributed by atoms with Crippen molar-refractivity contribution in [1.82, 2.24) is 25.5 Å². The smallest absolute Gasteiger partial charge is 0.175 e. The molecule has 0 aliphatic heterocycles. The molecule has 102 valence electrons. The number of hydrogen-bond acceptors (Lipinski definition) is 5. The maximum Gasteiger partial charge on any atom is 0.175 e. The molecule has 6 heteroatoms. The second-order valence-electron chi connectivity index (χ2n) is 5.47. The van der Waals surface area contributed by atoms with Crippen molar-refractivity contribution < 1.29 is 4.74 Å². The minimum atomic E-state index is 0.233. The summed E-state index contributed by atoms with van der Waals surface area (Å²) in [5, 5.41) is 15.8. The Hall–Kier alpha value is -1.01. The van der Waals surface area contributed by atoms with E-state index in [1.165, 1.54) is 17.6 Å². The molecular formula is C12H23N5O. The van der Waals surface area contributed by atoms with Crippen LogP contribution in [0.3, 0.4) is 0 Å². The minimum absolute atomic E-state index is 0.233. The molecule has 0 spiro atoms. The van der Waals surface area contributed by atoms with Crippen LogP contribution in [0.25, 0.3) is 0 Å². The predicted octanol–water partition coefficient (Wildman–Crippen LogP) is 0.405. The van der Waals surface area contributed by atoms with E-state index < -0.39 is 0 Å². The first-order chi connectivity index (χ1) is 8.64. The average molecular weight is 253 g/mol. The fourth-order valence-electron chi connectivity index (χ4n) is 2.43. The first-order valence-corrected chi connectivity index (χ1v) is 6.56. The Morgan fingerprint density at radius 3 is 2.83 bits per heavy atom. The molecule has 1 saturated carbocycles. The molecule has 0 aromatic carbocycles. The highest BCUT2D eigenvalue weighted by Gasteiger charge is 2.42. The molecule has 0 saturated heterocycles. The largest absolute Gasteiger partial charge is 0.383 e. The van der Waals surface area contributed by atoms with Crippen LogP contribution in [0.15, 0.2) is 0 Å². The highest BCUT2D eigenvalue weighted by atomic mass is 16.5. The Balaban J connectivity index is 1.89. The van der Waals surface area contributed by atoms with E-state index in [9.17, 15) is 0 Å². The van der Waals surface area contributed by atoms with Gasteiger partial charge in [0, 0.05) is 26.6 Å². The number of tetrazole rings is 1. The molecular weight excluding hydrogens is 230 g/mol. The normalized spacial score (nSPS) is 18.8. The Morgan fingerprint density at radius 2 is 2.28 bits per heavy atom. The molecule has 18 heavy (non-hydrogen) atoms. The molecule has 2 rings (SSSR count). The molecule has 1 unspecified atom stereocenters. The van der Waals surface area contributed by atoms with Gasteiger partial charge in [0.2, 0.25) is 0 Å². The fourth-order valence-corrected chi connectivity index (χ4v) is 2.43. The molecule has 1 aromatic heterocycles. The van der Waals surface area contributed by atoms with Crippen molar-refractivity contribution in [1.29, 1.82) is 0 Å². The minimum Gasteiger partial charge on any atom is -0.383 e. The van der Waals surface area contributed by atoms with Crippen LogP contribution in [-0.2, 0) is 18.2 Å². The van der Waals surface area contributed by atoms with Crippen LogP contribution in [0.2, 0.25) is 0 Å². The van der Waals surface area contributed by atoms with Crippen LogP contribution in [0.5, 0.6) is 0 Å². The van der Waals surface area contributed by atoms with Gasteiger partial charge in [-0.05, 0) is 29.4 Å². The zero-order valence-electron chi connectivity index (χ0n) is 11.5. The molecule has 1 N–H and O–H groups in total. The van der Waals surface area contributed by atoms with Crippen molar-refractivity contribution in [2.45, 2.75) is 26.2 Å². The number of hydrogen-bond donors (Lipinski definition) is 1. The lowest BCUT2D eigenvalue weighted by molar-refractivity contribution is 0.186. The van der Waals surface area contributed by atoms with Crippen LogP contribution in [0.4, 0.5) is 0 Å². The van der Waals surface area contributed by atoms with E-state index in [2.05, 4.69) is 27.7 Å². The van der Waals surface area contributed by atoms with Crippen molar-refractivity contribution in [2.24, 2.45) is 18.4 Å². The van der Waals surface area contributed by atoms with E-state index in [0.29, 0.717) is 0 Å². The molecule has 1 fully saturated rings. The van der Waals surface area contributed by atoms with Gasteiger partial charge in [-0.15, -0.1) is 10.2 Å². The van der Waals surface area contributed by atoms with Crippen molar-refractivity contribution in [3.8, 4) is 0 Å². The van der Waals surface area contributed by atoms with Gasteiger partial charge in [-0.1, -0.05) is 6.92 Å². The summed E-state index contributed by atoms with van der Waals surface area (Å²) in [7, 11) is 3.53. The molecule has 0 bridgehead atoms. The van der Waals surface area contributed by atoms with E-state index in [0.717, 1.165) is 37.9 Å². The number of methoxy groups -OCH3 is 1. The topological polar surface area (TPSA) is 64.9 Å². The number of nitrogens with zero attached hydrogens (tertiary/aromatic N) is 4. The van der Waals surface area contributed by atoms with E-state index >= 15 is 0 Å². The molecule has 1 aromatic rings. The summed E-state index contributed by atoms with van der Waals surface area (Å²) in [4.78, 5) is 1.53. The Labute approximate surface area is 108 Å². The van der Waals surface area contributed by atoms with Gasteiger partial charge in [0.05, 0.1) is 13.7 Å². The fraction of sp³-hybridized carbons (Fsp3) is 0.917. The second-order valence-corrected chi connectivity index (χ2v) is 5.47. The monoisotopic (exact) mass is 253 g/mol. The van der Waals surface area contributed by atoms with Gasteiger partial charge in [-0.2, -0.15) is 4.80 Å². The van der Waals surface area contributed by atoms with Gasteiger partial charge in [0.15, 0.2) is 5.82 Å². The highest BCUT2D eigenvalue weighted by Crippen LogP contribution is 2.46. The van der Waals surface area contributed by atoms with E-state index in [1.54, 1.807) is 7.11 Å². The zero-order chi connectivity index (χ0) is 13.0. The summed E-state index contributed by atoms with van der Waals surface area (Å²) >= 11 is 0. The van der Waals surface area contributed by atoms with Crippen LogP contribution in [0.1, 0.15) is 25.6 Å². The van der Waals surface area contributed by atoms with Gasteiger partial charge < -0.3 is 10.1 Å². The van der Waals surface area contributed by atoms with Crippen LogP contribution in [-0.4, -0.2) is 47.0 Å². The van der Waals surface area contributed by atoms with E-state index in [-0.39, 0.29) is 5.41 Å². The highest BCUT2D eigenvalue weighted by molar-refractivity contribution is 4.98. The predicted molar refractivity (Wildman–Crippen MR) is 68.1 cm³/mol. The van der Waals surface area contributed by atoms with Crippen molar-refractivity contribution in [3.63, 3.8) is 0 Å². The first-order valence-electron chi connectivity index (χ1n) is 6.56. The number of aromatic nitrogens is 4. The Kier molecular flexibility index (Phi) is 4.29. The second kappa shape index (κ2) is 5.75. The molecule has 6 nitrogen and oxygen atoms in total. The number of rotatable bonds is 8. The van der Waals surface area contributed by atoms with Crippen LogP contribution in [0, 0.1) is 11.3 Å². The lowest BCUT2D eigenvalue weighted by atomic mass is 9.81. The molecule has 0 radical (unpaired) electrons. The van der Waals surface area contributed by atoms with Crippen LogP contribution >= 0.6 is 0 Å². The number of ether oxygens (including phenoxy) is 1. The Bertz CT molecular complexity index is 376. The van der Waals surface area contributed by atoms with Gasteiger partial charge in [0.25, 0.3) is 0 Å². The third kappa shape index (κ3) is 3.49. The molecule has 1 heterocycles. The number of aryl methyl sites for hydroxylation is 1. The van der Waals surface area contributed by atoms with Crippen molar-refractivity contribution in [2.75, 3.05) is 26.8 Å². The van der Waals surface area contributed by atoms with Gasteiger partial charge in [-0.3, -0.25) is 0 Å². The molecule has 1 atom stereocenters. The summed E-state index contributed by atoms with van der Waals surface area (Å²) < 4.78 is 5.05. The maximum absolute atomic E-state index is 5.05. The molecule has 1 aliphatic rings. The quantitative estimate of drug-likeness (QED) is 0.680. The lowest BCUT2D eigenvalue weighted by Gasteiger charge is -2.28. The summed E-state index contributed by atoms with van der Waals surface area (Å²) in [6.45, 7) is 4.96. The number of nitrogens with one attached hydrogen (secondary N) is 1. The van der Waals surface area contributed by atoms with Gasteiger partial charge in [0.1, 0.15) is 0 Å². The standard InChI is InChI=1S/C12H23N5O/c1-12(10-4-5-10,9-13-6-7-18-3)8-11-14-16-17(2)15-11/h10,13H,4-9H2,1-3H3. The molecule has 0 amide bonds. The summed E-state index contributed by atoms with van der Waals surface area (Å²) in [6, 6.07) is 0. The molecule has 1 aliphatic carbocycles. The third-order valence-electron chi connectivity index (χ3n) is 3.69. The zero-order valence-corrected chi connectivity index (χ0v) is 11.5. The van der Waals surface area contributed by atoms with Gasteiger partial charge in [-0.25, -0.2) is 0 Å². The Morgan fingerprint density at radius 1 is 1.50 bits per heavy atom. The first kappa shape index (κ1) is 13.4. The van der Waals surface area contributed by atoms with E-state index in [1.807, 2.05) is 7.05 Å². The van der Waals surface area contributed by atoms with Crippen molar-refractivity contribution >= 4 is 0 Å². The summed E-state index contributed by atoms with van der Waals surface area (Å²) in [6.07, 6.45) is 3.54. The average Bonchev–Trinajstić information content (AvgIpc) is 3.11. The summed E-state index contributed by atoms with van der Waals surface area (Å²) in [5.74, 6) is 1.64. The van der Waals surface area contributed by atoms with Crippen LogP contribution < -0.4 is 5.32 Å². The van der Waals surface area contributed by atoms with E-state index in [4.69, 9.17) is 4.74 Å². The third-order valence-corrected chi connectivity index (χ3v) is 3.69.